The van der Waals surface area contributed by atoms with Crippen LogP contribution in [0.4, 0.5) is 0 Å². The van der Waals surface area contributed by atoms with E-state index in [1.165, 1.54) is 4.31 Å². The quantitative estimate of drug-likeness (QED) is 0.872. The van der Waals surface area contributed by atoms with E-state index in [1.807, 2.05) is 18.2 Å². The van der Waals surface area contributed by atoms with E-state index < -0.39 is 10.0 Å². The van der Waals surface area contributed by atoms with Gasteiger partial charge in [0.25, 0.3) is 0 Å². The maximum absolute atomic E-state index is 12.4. The number of aliphatic hydroxyl groups excluding tert-OH is 1. The summed E-state index contributed by atoms with van der Waals surface area (Å²) in [4.78, 5) is 4.25. The van der Waals surface area contributed by atoms with Crippen molar-refractivity contribution in [2.45, 2.75) is 31.6 Å². The Labute approximate surface area is 123 Å². The molecule has 0 radical (unpaired) electrons. The zero-order valence-corrected chi connectivity index (χ0v) is 12.6. The number of aromatic nitrogens is 1. The molecule has 0 saturated heterocycles. The average molecular weight is 310 g/mol. The summed E-state index contributed by atoms with van der Waals surface area (Å²) in [5.41, 5.74) is 2.10. The molecule has 0 aliphatic heterocycles. The zero-order chi connectivity index (χ0) is 15.0. The zero-order valence-electron chi connectivity index (χ0n) is 11.8. The number of fused-ring (bicyclic) bond motifs is 1. The van der Waals surface area contributed by atoms with E-state index >= 15 is 0 Å². The Bertz CT molecular complexity index is 749. The molecule has 1 saturated carbocycles. The van der Waals surface area contributed by atoms with Gasteiger partial charge in [-0.05, 0) is 18.9 Å². The lowest BCUT2D eigenvalue weighted by molar-refractivity contribution is 0.251. The van der Waals surface area contributed by atoms with Crippen LogP contribution in [0.3, 0.4) is 0 Å². The molecule has 3 rings (SSSR count). The van der Waals surface area contributed by atoms with Crippen molar-refractivity contribution in [3.63, 3.8) is 0 Å². The fourth-order valence-electron chi connectivity index (χ4n) is 2.42. The second kappa shape index (κ2) is 5.40. The molecule has 1 aromatic carbocycles. The molecule has 1 fully saturated rings. The summed E-state index contributed by atoms with van der Waals surface area (Å²) in [5.74, 6) is 0.552. The van der Waals surface area contributed by atoms with Gasteiger partial charge in [-0.15, -0.1) is 0 Å². The van der Waals surface area contributed by atoms with Gasteiger partial charge in [0.05, 0.1) is 11.9 Å². The minimum absolute atomic E-state index is 0.0995. The molecule has 0 amide bonds. The summed E-state index contributed by atoms with van der Waals surface area (Å²) in [5, 5.41) is 8.86. The van der Waals surface area contributed by atoms with Gasteiger partial charge in [-0.3, -0.25) is 0 Å². The molecular weight excluding hydrogens is 292 g/mol. The van der Waals surface area contributed by atoms with Crippen LogP contribution in [0.15, 0.2) is 22.6 Å². The van der Waals surface area contributed by atoms with E-state index in [2.05, 4.69) is 4.98 Å². The molecule has 0 bridgehead atoms. The van der Waals surface area contributed by atoms with E-state index in [-0.39, 0.29) is 24.9 Å². The SMILES string of the molecule is Cc1nc2cccc(CN(CCO)S(=O)(=O)C3CC3)c2o1. The highest BCUT2D eigenvalue weighted by molar-refractivity contribution is 7.90. The van der Waals surface area contributed by atoms with Crippen molar-refractivity contribution in [2.75, 3.05) is 13.2 Å². The molecule has 1 heterocycles. The molecule has 0 atom stereocenters. The first kappa shape index (κ1) is 14.5. The molecule has 0 unspecified atom stereocenters. The van der Waals surface area contributed by atoms with E-state index in [1.54, 1.807) is 6.92 Å². The molecule has 6 nitrogen and oxygen atoms in total. The van der Waals surface area contributed by atoms with Crippen molar-refractivity contribution in [2.24, 2.45) is 0 Å². The molecule has 1 aliphatic rings. The average Bonchev–Trinajstić information content (AvgIpc) is 3.21. The largest absolute Gasteiger partial charge is 0.441 e. The van der Waals surface area contributed by atoms with Crippen LogP contribution in [0.25, 0.3) is 11.1 Å². The third-order valence-electron chi connectivity index (χ3n) is 3.61. The number of rotatable bonds is 6. The van der Waals surface area contributed by atoms with Crippen LogP contribution in [0.5, 0.6) is 0 Å². The van der Waals surface area contributed by atoms with Crippen LogP contribution in [-0.4, -0.2) is 41.2 Å². The number of oxazole rings is 1. The molecule has 1 aromatic heterocycles. The van der Waals surface area contributed by atoms with Crippen molar-refractivity contribution in [3.05, 3.63) is 29.7 Å². The van der Waals surface area contributed by atoms with Gasteiger partial charge in [0.2, 0.25) is 10.0 Å². The highest BCUT2D eigenvalue weighted by atomic mass is 32.2. The first-order valence-corrected chi connectivity index (χ1v) is 8.47. The van der Waals surface area contributed by atoms with Crippen LogP contribution in [0.2, 0.25) is 0 Å². The summed E-state index contributed by atoms with van der Waals surface area (Å²) in [7, 11) is -3.34. The Morgan fingerprint density at radius 3 is 2.86 bits per heavy atom. The molecule has 1 N–H and O–H groups in total. The Kier molecular flexibility index (Phi) is 3.73. The molecule has 2 aromatic rings. The fourth-order valence-corrected chi connectivity index (χ4v) is 4.22. The maximum Gasteiger partial charge on any atom is 0.217 e. The van der Waals surface area contributed by atoms with Gasteiger partial charge in [0, 0.05) is 25.6 Å². The summed E-state index contributed by atoms with van der Waals surface area (Å²) < 4.78 is 31.7. The van der Waals surface area contributed by atoms with Crippen LogP contribution in [-0.2, 0) is 16.6 Å². The van der Waals surface area contributed by atoms with E-state index in [9.17, 15) is 8.42 Å². The molecule has 0 spiro atoms. The van der Waals surface area contributed by atoms with Gasteiger partial charge < -0.3 is 9.52 Å². The Morgan fingerprint density at radius 2 is 2.19 bits per heavy atom. The number of para-hydroxylation sites is 1. The lowest BCUT2D eigenvalue weighted by atomic mass is 10.2. The van der Waals surface area contributed by atoms with Gasteiger partial charge in [-0.2, -0.15) is 4.31 Å². The monoisotopic (exact) mass is 310 g/mol. The highest BCUT2D eigenvalue weighted by Crippen LogP contribution is 2.32. The summed E-state index contributed by atoms with van der Waals surface area (Å²) >= 11 is 0. The van der Waals surface area contributed by atoms with E-state index in [0.717, 1.165) is 11.1 Å². The maximum atomic E-state index is 12.4. The predicted molar refractivity (Wildman–Crippen MR) is 78.2 cm³/mol. The van der Waals surface area contributed by atoms with Crippen molar-refractivity contribution in [1.29, 1.82) is 0 Å². The smallest absolute Gasteiger partial charge is 0.217 e. The van der Waals surface area contributed by atoms with Crippen LogP contribution in [0.1, 0.15) is 24.3 Å². The lowest BCUT2D eigenvalue weighted by Crippen LogP contribution is -2.35. The van der Waals surface area contributed by atoms with Gasteiger partial charge >= 0.3 is 0 Å². The number of hydrogen-bond donors (Lipinski definition) is 1. The van der Waals surface area contributed by atoms with Crippen molar-refractivity contribution in [3.8, 4) is 0 Å². The molecule has 1 aliphatic carbocycles. The number of aliphatic hydroxyl groups is 1. The second-order valence-electron chi connectivity index (χ2n) is 5.30. The van der Waals surface area contributed by atoms with Crippen molar-refractivity contribution < 1.29 is 17.9 Å². The van der Waals surface area contributed by atoms with Crippen LogP contribution < -0.4 is 0 Å². The van der Waals surface area contributed by atoms with Gasteiger partial charge in [-0.1, -0.05) is 12.1 Å². The minimum Gasteiger partial charge on any atom is -0.441 e. The first-order chi connectivity index (χ1) is 10.0. The lowest BCUT2D eigenvalue weighted by Gasteiger charge is -2.21. The molecule has 114 valence electrons. The molecular formula is C14H18N2O4S. The van der Waals surface area contributed by atoms with Crippen molar-refractivity contribution in [1.82, 2.24) is 9.29 Å². The predicted octanol–water partition coefficient (Wildman–Crippen LogP) is 1.42. The van der Waals surface area contributed by atoms with Gasteiger partial charge in [0.15, 0.2) is 11.5 Å². The summed E-state index contributed by atoms with van der Waals surface area (Å²) in [6, 6.07) is 5.50. The fraction of sp³-hybridized carbons (Fsp3) is 0.500. The van der Waals surface area contributed by atoms with Crippen molar-refractivity contribution >= 4 is 21.1 Å². The topological polar surface area (TPSA) is 83.6 Å². The highest BCUT2D eigenvalue weighted by Gasteiger charge is 2.40. The number of benzene rings is 1. The summed E-state index contributed by atoms with van der Waals surface area (Å²) in [6.07, 6.45) is 1.41. The normalized spacial score (nSPS) is 16.0. The van der Waals surface area contributed by atoms with Crippen LogP contribution >= 0.6 is 0 Å². The standard InChI is InChI=1S/C14H18N2O4S/c1-10-15-13-4-2-3-11(14(13)20-10)9-16(7-8-17)21(18,19)12-5-6-12/h2-4,12,17H,5-9H2,1H3. The minimum atomic E-state index is -3.34. The Balaban J connectivity index is 1.94. The van der Waals surface area contributed by atoms with Crippen LogP contribution in [0, 0.1) is 6.92 Å². The van der Waals surface area contributed by atoms with E-state index in [0.29, 0.717) is 24.3 Å². The molecule has 7 heteroatoms. The van der Waals surface area contributed by atoms with E-state index in [4.69, 9.17) is 9.52 Å². The number of nitrogens with zero attached hydrogens (tertiary/aromatic N) is 2. The third kappa shape index (κ3) is 2.81. The number of hydrogen-bond acceptors (Lipinski definition) is 5. The number of aryl methyl sites for hydroxylation is 1. The van der Waals surface area contributed by atoms with Gasteiger partial charge in [-0.25, -0.2) is 13.4 Å². The third-order valence-corrected chi connectivity index (χ3v) is 5.95. The molecule has 21 heavy (non-hydrogen) atoms. The Hall–Kier alpha value is -1.44. The summed E-state index contributed by atoms with van der Waals surface area (Å²) in [6.45, 7) is 1.86. The van der Waals surface area contributed by atoms with Gasteiger partial charge in [0.1, 0.15) is 5.52 Å². The number of sulfonamides is 1. The Morgan fingerprint density at radius 1 is 1.43 bits per heavy atom. The first-order valence-electron chi connectivity index (χ1n) is 6.97. The second-order valence-corrected chi connectivity index (χ2v) is 7.51.